The lowest BCUT2D eigenvalue weighted by Crippen LogP contribution is -2.36. The number of furan rings is 1. The van der Waals surface area contributed by atoms with E-state index in [2.05, 4.69) is 14.9 Å². The molecule has 0 fully saturated rings. The van der Waals surface area contributed by atoms with Crippen LogP contribution in [-0.2, 0) is 6.54 Å². The van der Waals surface area contributed by atoms with Gasteiger partial charge in [0.15, 0.2) is 0 Å². The lowest BCUT2D eigenvalue weighted by atomic mass is 10.1. The Bertz CT molecular complexity index is 852. The second-order valence-corrected chi connectivity index (χ2v) is 6.60. The number of amides is 1. The molecule has 0 aliphatic heterocycles. The third kappa shape index (κ3) is 4.40. The normalized spacial score (nSPS) is 11.1. The summed E-state index contributed by atoms with van der Waals surface area (Å²) in [6.45, 7) is 3.83. The fraction of sp³-hybridized carbons (Fsp3) is 0.300. The summed E-state index contributed by atoms with van der Waals surface area (Å²) in [5.41, 5.74) is 2.46. The van der Waals surface area contributed by atoms with Crippen LogP contribution in [0.4, 0.5) is 0 Å². The predicted octanol–water partition coefficient (Wildman–Crippen LogP) is 3.18. The van der Waals surface area contributed by atoms with Gasteiger partial charge < -0.3 is 19.2 Å². The Labute approximate surface area is 153 Å². The van der Waals surface area contributed by atoms with Gasteiger partial charge in [-0.15, -0.1) is 0 Å². The molecular formula is C20H24N4O2. The summed E-state index contributed by atoms with van der Waals surface area (Å²) in [7, 11) is 4.00. The summed E-state index contributed by atoms with van der Waals surface area (Å²) in [6, 6.07) is 11.4. The third-order valence-electron chi connectivity index (χ3n) is 4.15. The molecule has 3 aromatic rings. The molecule has 6 nitrogen and oxygen atoms in total. The molecule has 0 aliphatic rings. The van der Waals surface area contributed by atoms with Crippen LogP contribution in [0.1, 0.15) is 21.8 Å². The summed E-state index contributed by atoms with van der Waals surface area (Å²) < 4.78 is 5.68. The molecule has 2 aromatic heterocycles. The Morgan fingerprint density at radius 1 is 1.19 bits per heavy atom. The van der Waals surface area contributed by atoms with Crippen LogP contribution in [0.25, 0.3) is 11.3 Å². The maximum atomic E-state index is 13.1. The lowest BCUT2D eigenvalue weighted by Gasteiger charge is -2.24. The zero-order valence-electron chi connectivity index (χ0n) is 15.4. The van der Waals surface area contributed by atoms with Crippen molar-refractivity contribution < 1.29 is 9.21 Å². The van der Waals surface area contributed by atoms with Gasteiger partial charge in [0.2, 0.25) is 0 Å². The molecule has 136 valence electrons. The lowest BCUT2D eigenvalue weighted by molar-refractivity contribution is 0.0730. The number of hydrogen-bond acceptors (Lipinski definition) is 4. The van der Waals surface area contributed by atoms with Crippen molar-refractivity contribution in [1.29, 1.82) is 0 Å². The number of aryl methyl sites for hydroxylation is 1. The summed E-state index contributed by atoms with van der Waals surface area (Å²) in [4.78, 5) is 24.1. The maximum Gasteiger partial charge on any atom is 0.254 e. The number of H-pyrrole nitrogens is 1. The van der Waals surface area contributed by atoms with Crippen LogP contribution in [0.15, 0.2) is 53.3 Å². The zero-order chi connectivity index (χ0) is 18.5. The van der Waals surface area contributed by atoms with E-state index in [4.69, 9.17) is 4.42 Å². The van der Waals surface area contributed by atoms with E-state index in [0.717, 1.165) is 29.3 Å². The molecule has 6 heteroatoms. The van der Waals surface area contributed by atoms with Crippen LogP contribution in [0.3, 0.4) is 0 Å². The molecule has 0 bridgehead atoms. The number of nitrogens with one attached hydrogen (secondary N) is 1. The quantitative estimate of drug-likeness (QED) is 0.709. The molecule has 1 amide bonds. The van der Waals surface area contributed by atoms with E-state index in [0.29, 0.717) is 18.7 Å². The van der Waals surface area contributed by atoms with Crippen molar-refractivity contribution in [2.45, 2.75) is 13.5 Å². The number of benzene rings is 1. The predicted molar refractivity (Wildman–Crippen MR) is 101 cm³/mol. The van der Waals surface area contributed by atoms with Gasteiger partial charge in [-0.2, -0.15) is 0 Å². The van der Waals surface area contributed by atoms with Gasteiger partial charge >= 0.3 is 0 Å². The number of nitrogens with zero attached hydrogens (tertiary/aromatic N) is 3. The molecule has 0 aliphatic carbocycles. The summed E-state index contributed by atoms with van der Waals surface area (Å²) >= 11 is 0. The molecule has 0 atom stereocenters. The van der Waals surface area contributed by atoms with Gasteiger partial charge in [0.25, 0.3) is 5.91 Å². The van der Waals surface area contributed by atoms with Crippen molar-refractivity contribution in [3.63, 3.8) is 0 Å². The van der Waals surface area contributed by atoms with Crippen LogP contribution >= 0.6 is 0 Å². The topological polar surface area (TPSA) is 65.4 Å². The van der Waals surface area contributed by atoms with Crippen LogP contribution in [-0.4, -0.2) is 52.9 Å². The number of likely N-dealkylation sites (N-methyl/N-ethyl adjacent to an activating group) is 1. The largest absolute Gasteiger partial charge is 0.461 e. The molecule has 0 unspecified atom stereocenters. The van der Waals surface area contributed by atoms with Crippen LogP contribution in [0, 0.1) is 6.92 Å². The van der Waals surface area contributed by atoms with E-state index in [-0.39, 0.29) is 5.91 Å². The second-order valence-electron chi connectivity index (χ2n) is 6.60. The summed E-state index contributed by atoms with van der Waals surface area (Å²) in [6.07, 6.45) is 3.38. The van der Waals surface area contributed by atoms with Crippen molar-refractivity contribution in [1.82, 2.24) is 19.8 Å². The number of hydrogen-bond donors (Lipinski definition) is 1. The Balaban J connectivity index is 1.83. The number of imidazole rings is 1. The first-order valence-corrected chi connectivity index (χ1v) is 8.61. The summed E-state index contributed by atoms with van der Waals surface area (Å²) in [5, 5.41) is 0. The number of carbonyl (C=O) groups excluding carboxylic acids is 1. The third-order valence-corrected chi connectivity index (χ3v) is 4.15. The average Bonchev–Trinajstić information content (AvgIpc) is 3.29. The molecule has 0 spiro atoms. The van der Waals surface area contributed by atoms with Gasteiger partial charge in [0.05, 0.1) is 18.6 Å². The van der Waals surface area contributed by atoms with Gasteiger partial charge in [-0.1, -0.05) is 12.1 Å². The minimum Gasteiger partial charge on any atom is -0.461 e. The zero-order valence-corrected chi connectivity index (χ0v) is 15.4. The molecule has 1 aromatic carbocycles. The standard InChI is InChI=1S/C20H24N4O2/c1-15-7-8-19(26-15)16-5-4-6-17(11-16)20(25)24(10-9-23(2)3)13-18-12-21-14-22-18/h4-8,11-12,14H,9-10,13H2,1-3H3,(H,21,22). The molecule has 2 heterocycles. The van der Waals surface area contributed by atoms with Gasteiger partial charge in [-0.3, -0.25) is 4.79 Å². The Hall–Kier alpha value is -2.86. The SMILES string of the molecule is Cc1ccc(-c2cccc(C(=O)N(CCN(C)C)Cc3cnc[nH]3)c2)o1. The first kappa shape index (κ1) is 17.9. The minimum absolute atomic E-state index is 0.00780. The Morgan fingerprint density at radius 3 is 2.69 bits per heavy atom. The van der Waals surface area contributed by atoms with Crippen LogP contribution in [0.2, 0.25) is 0 Å². The highest BCUT2D eigenvalue weighted by atomic mass is 16.3. The number of rotatable bonds is 7. The highest BCUT2D eigenvalue weighted by molar-refractivity contribution is 5.95. The smallest absolute Gasteiger partial charge is 0.254 e. The highest BCUT2D eigenvalue weighted by Crippen LogP contribution is 2.23. The molecule has 3 rings (SSSR count). The Morgan fingerprint density at radius 2 is 2.04 bits per heavy atom. The Kier molecular flexibility index (Phi) is 5.53. The first-order chi connectivity index (χ1) is 12.5. The number of carbonyl (C=O) groups is 1. The average molecular weight is 352 g/mol. The van der Waals surface area contributed by atoms with E-state index in [1.54, 1.807) is 12.5 Å². The first-order valence-electron chi connectivity index (χ1n) is 8.61. The van der Waals surface area contributed by atoms with Gasteiger partial charge in [-0.25, -0.2) is 4.98 Å². The number of aromatic amines is 1. The fourth-order valence-corrected chi connectivity index (χ4v) is 2.73. The monoisotopic (exact) mass is 352 g/mol. The van der Waals surface area contributed by atoms with Crippen molar-refractivity contribution in [3.05, 3.63) is 65.9 Å². The van der Waals surface area contributed by atoms with Crippen LogP contribution < -0.4 is 0 Å². The molecule has 1 N–H and O–H groups in total. The van der Waals surface area contributed by atoms with E-state index in [1.165, 1.54) is 0 Å². The highest BCUT2D eigenvalue weighted by Gasteiger charge is 2.18. The molecular weight excluding hydrogens is 328 g/mol. The maximum absolute atomic E-state index is 13.1. The summed E-state index contributed by atoms with van der Waals surface area (Å²) in [5.74, 6) is 1.61. The van der Waals surface area contributed by atoms with Gasteiger partial charge in [0.1, 0.15) is 11.5 Å². The fourth-order valence-electron chi connectivity index (χ4n) is 2.73. The second kappa shape index (κ2) is 8.01. The van der Waals surface area contributed by atoms with Crippen molar-refractivity contribution in [2.24, 2.45) is 0 Å². The van der Waals surface area contributed by atoms with E-state index >= 15 is 0 Å². The van der Waals surface area contributed by atoms with Gasteiger partial charge in [0, 0.05) is 30.4 Å². The van der Waals surface area contributed by atoms with Crippen molar-refractivity contribution in [3.8, 4) is 11.3 Å². The molecule has 0 radical (unpaired) electrons. The van der Waals surface area contributed by atoms with Gasteiger partial charge in [-0.05, 0) is 45.3 Å². The molecule has 0 saturated heterocycles. The number of aromatic nitrogens is 2. The van der Waals surface area contributed by atoms with Crippen molar-refractivity contribution >= 4 is 5.91 Å². The van der Waals surface area contributed by atoms with E-state index in [1.807, 2.05) is 62.3 Å². The van der Waals surface area contributed by atoms with E-state index in [9.17, 15) is 4.79 Å². The molecule has 26 heavy (non-hydrogen) atoms. The minimum atomic E-state index is -0.00780. The van der Waals surface area contributed by atoms with Crippen LogP contribution in [0.5, 0.6) is 0 Å². The van der Waals surface area contributed by atoms with Crippen molar-refractivity contribution in [2.75, 3.05) is 27.2 Å². The van der Waals surface area contributed by atoms with E-state index < -0.39 is 0 Å². The molecule has 0 saturated carbocycles.